The monoisotopic (exact) mass is 227 g/mol. The third kappa shape index (κ3) is 3.56. The molecule has 0 saturated heterocycles. The zero-order valence-electron chi connectivity index (χ0n) is 8.04. The van der Waals surface area contributed by atoms with E-state index in [2.05, 4.69) is 10.5 Å². The Morgan fingerprint density at radius 2 is 2.47 bits per heavy atom. The molecule has 0 radical (unpaired) electrons. The molecule has 15 heavy (non-hydrogen) atoms. The molecule has 0 saturated carbocycles. The lowest BCUT2D eigenvalue weighted by Gasteiger charge is -1.95. The van der Waals surface area contributed by atoms with Gasteiger partial charge >= 0.3 is 5.24 Å². The van der Waals surface area contributed by atoms with Gasteiger partial charge in [-0.05, 0) is 6.07 Å². The number of pyridine rings is 1. The Kier molecular flexibility index (Phi) is 4.07. The first-order valence-corrected chi connectivity index (χ1v) is 4.90. The van der Waals surface area contributed by atoms with Gasteiger partial charge in [0.05, 0.1) is 0 Å². The van der Waals surface area contributed by atoms with Crippen molar-refractivity contribution < 1.29 is 14.5 Å². The van der Waals surface area contributed by atoms with Gasteiger partial charge in [-0.1, -0.05) is 0 Å². The molecule has 0 bridgehead atoms. The van der Waals surface area contributed by atoms with Crippen LogP contribution >= 0.6 is 11.9 Å². The van der Waals surface area contributed by atoms with Crippen LogP contribution in [0.15, 0.2) is 23.4 Å². The number of nitrogens with two attached hydrogens (primary N) is 1. The molecule has 80 valence electrons. The van der Waals surface area contributed by atoms with Crippen molar-refractivity contribution in [1.29, 1.82) is 0 Å². The minimum Gasteiger partial charge on any atom is -0.503 e. The van der Waals surface area contributed by atoms with Crippen molar-refractivity contribution in [1.82, 2.24) is 5.43 Å². The molecule has 1 heterocycles. The van der Waals surface area contributed by atoms with E-state index in [1.54, 1.807) is 17.7 Å². The molecule has 0 aliphatic heterocycles. The van der Waals surface area contributed by atoms with Crippen LogP contribution in [0.25, 0.3) is 0 Å². The number of amides is 1. The summed E-state index contributed by atoms with van der Waals surface area (Å²) in [6.07, 6.45) is 2.98. The summed E-state index contributed by atoms with van der Waals surface area (Å²) in [4.78, 5) is 10.7. The van der Waals surface area contributed by atoms with E-state index in [1.807, 2.05) is 0 Å². The Hall–Kier alpha value is -1.60. The molecule has 0 aliphatic carbocycles. The average molecular weight is 227 g/mol. The van der Waals surface area contributed by atoms with Crippen molar-refractivity contribution in [2.75, 3.05) is 0 Å². The largest absolute Gasteiger partial charge is 0.503 e. The lowest BCUT2D eigenvalue weighted by Crippen LogP contribution is -2.33. The van der Waals surface area contributed by atoms with Crippen LogP contribution in [0.3, 0.4) is 0 Å². The Morgan fingerprint density at radius 1 is 1.73 bits per heavy atom. The number of hydrogen-bond donors (Lipinski definition) is 3. The fourth-order valence-corrected chi connectivity index (χ4v) is 1.02. The van der Waals surface area contributed by atoms with Gasteiger partial charge in [0.1, 0.15) is 13.3 Å². The number of carbonyl (C=O) groups excluding carboxylic acids is 1. The number of aryl methyl sites for hydroxylation is 1. The summed E-state index contributed by atoms with van der Waals surface area (Å²) >= 11 is 0.556. The van der Waals surface area contributed by atoms with E-state index in [9.17, 15) is 4.79 Å². The van der Waals surface area contributed by atoms with Crippen LogP contribution < -0.4 is 15.1 Å². The Labute approximate surface area is 90.9 Å². The molecule has 4 N–H and O–H groups in total. The molecule has 7 heteroatoms. The number of nitrogens with one attached hydrogen (secondary N) is 1. The highest BCUT2D eigenvalue weighted by molar-refractivity contribution is 8.11. The van der Waals surface area contributed by atoms with Gasteiger partial charge in [0.15, 0.2) is 5.75 Å². The van der Waals surface area contributed by atoms with Crippen molar-refractivity contribution in [2.24, 2.45) is 17.3 Å². The summed E-state index contributed by atoms with van der Waals surface area (Å²) in [5.41, 5.74) is 2.95. The van der Waals surface area contributed by atoms with E-state index in [0.29, 0.717) is 11.9 Å². The molecule has 1 rings (SSSR count). The molecule has 0 aliphatic rings. The quantitative estimate of drug-likeness (QED) is 0.284. The molecule has 0 fully saturated rings. The predicted molar refractivity (Wildman–Crippen MR) is 57.2 cm³/mol. The maximum atomic E-state index is 10.7. The highest BCUT2D eigenvalue weighted by atomic mass is 32.2. The van der Waals surface area contributed by atoms with Gasteiger partial charge in [-0.3, -0.25) is 9.93 Å². The van der Waals surface area contributed by atoms with Crippen LogP contribution in [-0.2, 0) is 7.05 Å². The minimum atomic E-state index is -0.437. The van der Waals surface area contributed by atoms with Gasteiger partial charge in [0.2, 0.25) is 11.9 Å². The summed E-state index contributed by atoms with van der Waals surface area (Å²) in [6, 6.07) is 3.20. The highest BCUT2D eigenvalue weighted by Crippen LogP contribution is 2.02. The number of nitrogens with zero attached hydrogens (tertiary/aromatic N) is 2. The van der Waals surface area contributed by atoms with Gasteiger partial charge in [0.25, 0.3) is 0 Å². The third-order valence-corrected chi connectivity index (χ3v) is 1.92. The molecule has 1 amide bonds. The van der Waals surface area contributed by atoms with E-state index in [-0.39, 0.29) is 5.75 Å². The number of hydrogen-bond acceptors (Lipinski definition) is 5. The third-order valence-electron chi connectivity index (χ3n) is 1.62. The number of hydrazone groups is 1. The Bertz CT molecular complexity index is 394. The number of rotatable bonds is 2. The van der Waals surface area contributed by atoms with Gasteiger partial charge < -0.3 is 5.11 Å². The first-order chi connectivity index (χ1) is 7.13. The average Bonchev–Trinajstić information content (AvgIpc) is 2.21. The fourth-order valence-electron chi connectivity index (χ4n) is 0.916. The van der Waals surface area contributed by atoms with Crippen molar-refractivity contribution in [2.45, 2.75) is 0 Å². The van der Waals surface area contributed by atoms with Crippen molar-refractivity contribution in [3.63, 3.8) is 0 Å². The van der Waals surface area contributed by atoms with E-state index in [4.69, 9.17) is 10.2 Å². The second-order valence-corrected chi connectivity index (χ2v) is 3.30. The molecular weight excluding hydrogens is 216 g/mol. The van der Waals surface area contributed by atoms with Crippen LogP contribution in [0.1, 0.15) is 5.69 Å². The number of aromatic nitrogens is 1. The van der Waals surface area contributed by atoms with Gasteiger partial charge in [-0.15, -0.1) is 0 Å². The normalized spacial score (nSPS) is 10.5. The number of aromatic hydroxyl groups is 1. The second-order valence-electron chi connectivity index (χ2n) is 2.70. The minimum absolute atomic E-state index is 0.163. The smallest absolute Gasteiger partial charge is 0.313 e. The molecule has 1 aromatic heterocycles. The van der Waals surface area contributed by atoms with Crippen LogP contribution in [0.5, 0.6) is 5.75 Å². The molecule has 6 nitrogen and oxygen atoms in total. The SMILES string of the molecule is C[n+]1cc(O)ccc1/C=N/NC(=O)SN. The first kappa shape index (κ1) is 11.5. The predicted octanol–water partition coefficient (Wildman–Crippen LogP) is -0.133. The van der Waals surface area contributed by atoms with Gasteiger partial charge in [-0.2, -0.15) is 9.67 Å². The maximum Gasteiger partial charge on any atom is 0.313 e. The topological polar surface area (TPSA) is 91.6 Å². The Morgan fingerprint density at radius 3 is 3.07 bits per heavy atom. The molecule has 0 aromatic carbocycles. The summed E-state index contributed by atoms with van der Waals surface area (Å²) < 4.78 is 1.67. The molecule has 1 aromatic rings. The zero-order valence-corrected chi connectivity index (χ0v) is 8.86. The van der Waals surface area contributed by atoms with Gasteiger partial charge in [0, 0.05) is 18.0 Å². The summed E-state index contributed by atoms with van der Waals surface area (Å²) in [5, 5.41) is 17.4. The summed E-state index contributed by atoms with van der Waals surface area (Å²) in [6.45, 7) is 0. The standard InChI is InChI=1S/C8H10N4O2S/c1-12-5-7(13)3-2-6(12)4-10-11-8(14)15-9/h2-5,13H,9H2,1H3/p+1. The summed E-state index contributed by atoms with van der Waals surface area (Å²) in [5.74, 6) is 0.163. The van der Waals surface area contributed by atoms with Crippen molar-refractivity contribution >= 4 is 23.4 Å². The van der Waals surface area contributed by atoms with Gasteiger partial charge in [-0.25, -0.2) is 5.43 Å². The molecule has 0 unspecified atom stereocenters. The maximum absolute atomic E-state index is 10.7. The first-order valence-electron chi connectivity index (χ1n) is 4.02. The Balaban J connectivity index is 2.68. The lowest BCUT2D eigenvalue weighted by molar-refractivity contribution is -0.672. The van der Waals surface area contributed by atoms with Crippen molar-refractivity contribution in [3.05, 3.63) is 24.0 Å². The highest BCUT2D eigenvalue weighted by Gasteiger charge is 2.04. The van der Waals surface area contributed by atoms with Crippen LogP contribution in [0, 0.1) is 0 Å². The van der Waals surface area contributed by atoms with E-state index < -0.39 is 5.24 Å². The van der Waals surface area contributed by atoms with E-state index >= 15 is 0 Å². The van der Waals surface area contributed by atoms with E-state index in [1.165, 1.54) is 18.5 Å². The summed E-state index contributed by atoms with van der Waals surface area (Å²) in [7, 11) is 1.75. The van der Waals surface area contributed by atoms with Crippen LogP contribution in [0.4, 0.5) is 4.79 Å². The second kappa shape index (κ2) is 5.32. The fraction of sp³-hybridized carbons (Fsp3) is 0.125. The molecule has 0 atom stereocenters. The zero-order chi connectivity index (χ0) is 11.3. The lowest BCUT2D eigenvalue weighted by atomic mass is 10.3. The van der Waals surface area contributed by atoms with Crippen molar-refractivity contribution in [3.8, 4) is 5.75 Å². The van der Waals surface area contributed by atoms with Crippen LogP contribution in [0.2, 0.25) is 0 Å². The number of carbonyl (C=O) groups is 1. The van der Waals surface area contributed by atoms with E-state index in [0.717, 1.165) is 5.69 Å². The molecule has 0 spiro atoms. The molecular formula is C8H11N4O2S+. The van der Waals surface area contributed by atoms with Crippen LogP contribution in [-0.4, -0.2) is 16.6 Å².